The van der Waals surface area contributed by atoms with Crippen LogP contribution in [-0.2, 0) is 14.3 Å². The minimum Gasteiger partial charge on any atom is -0.497 e. The molecular formula is C14H19N3O4S. The van der Waals surface area contributed by atoms with Gasteiger partial charge in [0.15, 0.2) is 0 Å². The second-order valence-corrected chi connectivity index (χ2v) is 6.99. The van der Waals surface area contributed by atoms with Crippen molar-refractivity contribution in [3.8, 4) is 5.75 Å². The molecule has 120 valence electrons. The van der Waals surface area contributed by atoms with E-state index >= 15 is 0 Å². The van der Waals surface area contributed by atoms with E-state index in [2.05, 4.69) is 10.0 Å². The highest BCUT2D eigenvalue weighted by Crippen LogP contribution is 2.37. The number of azide groups is 1. The lowest BCUT2D eigenvalue weighted by Gasteiger charge is -2.33. The van der Waals surface area contributed by atoms with Crippen molar-refractivity contribution in [3.05, 3.63) is 40.3 Å². The fourth-order valence-electron chi connectivity index (χ4n) is 2.84. The van der Waals surface area contributed by atoms with Gasteiger partial charge in [0.05, 0.1) is 19.5 Å². The van der Waals surface area contributed by atoms with Crippen LogP contribution in [-0.4, -0.2) is 33.9 Å². The summed E-state index contributed by atoms with van der Waals surface area (Å²) in [7, 11) is -1.95. The van der Waals surface area contributed by atoms with Crippen LogP contribution in [0.25, 0.3) is 10.4 Å². The predicted octanol–water partition coefficient (Wildman–Crippen LogP) is 2.99. The van der Waals surface area contributed by atoms with Crippen LogP contribution in [0.15, 0.2) is 29.4 Å². The first kappa shape index (κ1) is 16.6. The summed E-state index contributed by atoms with van der Waals surface area (Å²) in [6.07, 6.45) is 2.34. The summed E-state index contributed by atoms with van der Waals surface area (Å²) < 4.78 is 33.3. The highest BCUT2D eigenvalue weighted by molar-refractivity contribution is 7.86. The van der Waals surface area contributed by atoms with Crippen LogP contribution in [0.4, 0.5) is 0 Å². The Hall–Kier alpha value is -1.76. The largest absolute Gasteiger partial charge is 0.497 e. The van der Waals surface area contributed by atoms with Crippen molar-refractivity contribution in [1.29, 1.82) is 0 Å². The average Bonchev–Trinajstić information content (AvgIpc) is 2.48. The Morgan fingerprint density at radius 3 is 2.50 bits per heavy atom. The molecule has 0 bridgehead atoms. The Labute approximate surface area is 130 Å². The van der Waals surface area contributed by atoms with Gasteiger partial charge in [-0.05, 0) is 42.5 Å². The van der Waals surface area contributed by atoms with Gasteiger partial charge in [0.25, 0.3) is 10.1 Å². The maximum Gasteiger partial charge on any atom is 0.264 e. The first-order valence-corrected chi connectivity index (χ1v) is 8.81. The molecule has 22 heavy (non-hydrogen) atoms. The molecule has 1 aromatic carbocycles. The minimum atomic E-state index is -3.54. The van der Waals surface area contributed by atoms with E-state index < -0.39 is 16.2 Å². The fraction of sp³-hybridized carbons (Fsp3) is 0.571. The van der Waals surface area contributed by atoms with Crippen molar-refractivity contribution in [2.75, 3.05) is 13.4 Å². The first-order valence-electron chi connectivity index (χ1n) is 6.99. The number of benzene rings is 1. The van der Waals surface area contributed by atoms with Crippen molar-refractivity contribution in [1.82, 2.24) is 0 Å². The molecule has 0 aromatic heterocycles. The van der Waals surface area contributed by atoms with Gasteiger partial charge in [0.1, 0.15) is 5.75 Å². The Morgan fingerprint density at radius 1 is 1.27 bits per heavy atom. The number of ether oxygens (including phenoxy) is 1. The van der Waals surface area contributed by atoms with E-state index in [1.165, 1.54) is 0 Å². The summed E-state index contributed by atoms with van der Waals surface area (Å²) in [5.41, 5.74) is 9.56. The van der Waals surface area contributed by atoms with Crippen molar-refractivity contribution < 1.29 is 17.3 Å². The minimum absolute atomic E-state index is 0.134. The van der Waals surface area contributed by atoms with E-state index in [-0.39, 0.29) is 12.0 Å². The molecule has 1 aliphatic carbocycles. The molecule has 0 spiro atoms. The van der Waals surface area contributed by atoms with Crippen LogP contribution in [0.5, 0.6) is 5.75 Å². The standard InChI is InChI=1S/C14H19N3O4S/c1-20-12-6-3-10(4-7-12)13-9-11(16-17-15)5-8-14(13)21-22(2,18)19/h3-4,6-7,11,13-14H,5,8-9H2,1-2H3/t11-,13+,14-/m1/s1. The van der Waals surface area contributed by atoms with Gasteiger partial charge in [-0.15, -0.1) is 0 Å². The van der Waals surface area contributed by atoms with E-state index in [0.717, 1.165) is 17.6 Å². The number of nitrogens with zero attached hydrogens (tertiary/aromatic N) is 3. The van der Waals surface area contributed by atoms with Crippen molar-refractivity contribution >= 4 is 10.1 Å². The third-order valence-corrected chi connectivity index (χ3v) is 4.41. The summed E-state index contributed by atoms with van der Waals surface area (Å²) in [4.78, 5) is 2.86. The third-order valence-electron chi connectivity index (χ3n) is 3.82. The zero-order chi connectivity index (χ0) is 16.2. The normalized spacial score (nSPS) is 25.3. The third kappa shape index (κ3) is 4.37. The van der Waals surface area contributed by atoms with Gasteiger partial charge in [-0.3, -0.25) is 4.18 Å². The van der Waals surface area contributed by atoms with Crippen LogP contribution in [0.3, 0.4) is 0 Å². The SMILES string of the molecule is COc1ccc([C@@H]2C[C@H](N=[N+]=[N-])CC[C@H]2OS(C)(=O)=O)cc1. The number of hydrogen-bond donors (Lipinski definition) is 0. The van der Waals surface area contributed by atoms with Gasteiger partial charge in [-0.2, -0.15) is 8.42 Å². The molecule has 8 heteroatoms. The Bertz CT molecular complexity index is 653. The molecular weight excluding hydrogens is 306 g/mol. The van der Waals surface area contributed by atoms with E-state index in [1.807, 2.05) is 24.3 Å². The maximum atomic E-state index is 11.5. The van der Waals surface area contributed by atoms with Gasteiger partial charge in [0.2, 0.25) is 0 Å². The van der Waals surface area contributed by atoms with Gasteiger partial charge in [0, 0.05) is 16.9 Å². The fourth-order valence-corrected chi connectivity index (χ4v) is 3.52. The summed E-state index contributed by atoms with van der Waals surface area (Å²) in [5, 5.41) is 3.77. The Balaban J connectivity index is 2.26. The second kappa shape index (κ2) is 7.00. The smallest absolute Gasteiger partial charge is 0.264 e. The lowest BCUT2D eigenvalue weighted by atomic mass is 9.79. The summed E-state index contributed by atoms with van der Waals surface area (Å²) >= 11 is 0. The molecule has 0 heterocycles. The molecule has 0 saturated heterocycles. The molecule has 7 nitrogen and oxygen atoms in total. The summed E-state index contributed by atoms with van der Waals surface area (Å²) in [5.74, 6) is 0.594. The van der Waals surface area contributed by atoms with Gasteiger partial charge < -0.3 is 4.74 Å². The lowest BCUT2D eigenvalue weighted by Crippen LogP contribution is -2.33. The molecule has 0 aliphatic heterocycles. The molecule has 1 saturated carbocycles. The second-order valence-electron chi connectivity index (χ2n) is 5.39. The zero-order valence-electron chi connectivity index (χ0n) is 12.5. The lowest BCUT2D eigenvalue weighted by molar-refractivity contribution is 0.130. The van der Waals surface area contributed by atoms with Crippen LogP contribution in [0.2, 0.25) is 0 Å². The first-order chi connectivity index (χ1) is 10.4. The number of methoxy groups -OCH3 is 1. The van der Waals surface area contributed by atoms with Crippen LogP contribution in [0, 0.1) is 0 Å². The van der Waals surface area contributed by atoms with E-state index in [9.17, 15) is 8.42 Å². The van der Waals surface area contributed by atoms with Crippen LogP contribution >= 0.6 is 0 Å². The van der Waals surface area contributed by atoms with Crippen LogP contribution < -0.4 is 4.74 Å². The molecule has 3 atom stereocenters. The Kier molecular flexibility index (Phi) is 5.28. The highest BCUT2D eigenvalue weighted by atomic mass is 32.2. The van der Waals surface area contributed by atoms with Gasteiger partial charge in [-0.25, -0.2) is 0 Å². The summed E-state index contributed by atoms with van der Waals surface area (Å²) in [6.45, 7) is 0. The van der Waals surface area contributed by atoms with Gasteiger partial charge in [-0.1, -0.05) is 17.2 Å². The van der Waals surface area contributed by atoms with E-state index in [4.69, 9.17) is 14.5 Å². The van der Waals surface area contributed by atoms with Crippen LogP contribution in [0.1, 0.15) is 30.7 Å². The Morgan fingerprint density at radius 2 is 1.95 bits per heavy atom. The average molecular weight is 325 g/mol. The molecule has 1 aliphatic rings. The van der Waals surface area contributed by atoms with Crippen molar-refractivity contribution in [3.63, 3.8) is 0 Å². The van der Waals surface area contributed by atoms with Gasteiger partial charge >= 0.3 is 0 Å². The molecule has 0 N–H and O–H groups in total. The molecule has 1 aromatic rings. The monoisotopic (exact) mass is 325 g/mol. The molecule has 0 unspecified atom stereocenters. The highest BCUT2D eigenvalue weighted by Gasteiger charge is 2.34. The molecule has 2 rings (SSSR count). The number of rotatable bonds is 5. The predicted molar refractivity (Wildman–Crippen MR) is 82.2 cm³/mol. The van der Waals surface area contributed by atoms with Crippen molar-refractivity contribution in [2.45, 2.75) is 37.3 Å². The molecule has 0 amide bonds. The summed E-state index contributed by atoms with van der Waals surface area (Å²) in [6, 6.07) is 7.28. The zero-order valence-corrected chi connectivity index (χ0v) is 13.4. The van der Waals surface area contributed by atoms with E-state index in [1.54, 1.807) is 7.11 Å². The topological polar surface area (TPSA) is 101 Å². The molecule has 1 fully saturated rings. The van der Waals surface area contributed by atoms with E-state index in [0.29, 0.717) is 19.3 Å². The van der Waals surface area contributed by atoms with Crippen molar-refractivity contribution in [2.24, 2.45) is 5.11 Å². The maximum absolute atomic E-state index is 11.5. The molecule has 0 radical (unpaired) electrons. The number of hydrogen-bond acceptors (Lipinski definition) is 5. The quantitative estimate of drug-likeness (QED) is 0.359.